The van der Waals surface area contributed by atoms with Crippen molar-refractivity contribution in [2.75, 3.05) is 6.79 Å². The van der Waals surface area contributed by atoms with E-state index in [2.05, 4.69) is 15.5 Å². The van der Waals surface area contributed by atoms with Gasteiger partial charge in [0.25, 0.3) is 5.91 Å². The number of fused-ring (bicyclic) bond motifs is 1. The van der Waals surface area contributed by atoms with Gasteiger partial charge in [-0.3, -0.25) is 9.89 Å². The maximum atomic E-state index is 11.8. The highest BCUT2D eigenvalue weighted by atomic mass is 35.5. The Morgan fingerprint density at radius 1 is 1.42 bits per heavy atom. The molecule has 2 aromatic rings. The molecule has 1 aliphatic rings. The van der Waals surface area contributed by atoms with Crippen LogP contribution in [-0.4, -0.2) is 22.9 Å². The quantitative estimate of drug-likeness (QED) is 0.897. The van der Waals surface area contributed by atoms with Crippen LogP contribution in [0.5, 0.6) is 11.5 Å². The molecule has 98 valence electrons. The van der Waals surface area contributed by atoms with Gasteiger partial charge in [-0.1, -0.05) is 17.7 Å². The number of amides is 1. The number of hydrogen-bond donors (Lipinski definition) is 2. The SMILES string of the molecule is O=C(NCc1ccc2c(c1)OCO2)c1[nH]ncc1Cl. The lowest BCUT2D eigenvalue weighted by Crippen LogP contribution is -2.23. The van der Waals surface area contributed by atoms with Gasteiger partial charge in [-0.2, -0.15) is 5.10 Å². The third-order valence-corrected chi connectivity index (χ3v) is 3.00. The smallest absolute Gasteiger partial charge is 0.271 e. The van der Waals surface area contributed by atoms with E-state index in [0.29, 0.717) is 23.1 Å². The number of H-pyrrole nitrogens is 1. The van der Waals surface area contributed by atoms with Gasteiger partial charge in [-0.05, 0) is 17.7 Å². The van der Waals surface area contributed by atoms with Gasteiger partial charge in [0.15, 0.2) is 11.5 Å². The molecule has 0 saturated heterocycles. The standard InChI is InChI=1S/C12H10ClN3O3/c13-8-5-15-16-11(8)12(17)14-4-7-1-2-9-10(3-7)19-6-18-9/h1-3,5H,4,6H2,(H,14,17)(H,15,16). The first kappa shape index (κ1) is 11.9. The molecule has 0 fully saturated rings. The lowest BCUT2D eigenvalue weighted by atomic mass is 10.2. The van der Waals surface area contributed by atoms with E-state index in [1.807, 2.05) is 18.2 Å². The summed E-state index contributed by atoms with van der Waals surface area (Å²) in [5.41, 5.74) is 1.16. The lowest BCUT2D eigenvalue weighted by Gasteiger charge is -2.05. The molecule has 2 heterocycles. The molecule has 1 aromatic heterocycles. The first-order valence-corrected chi connectivity index (χ1v) is 5.97. The van der Waals surface area contributed by atoms with E-state index in [0.717, 1.165) is 5.56 Å². The van der Waals surface area contributed by atoms with E-state index in [1.54, 1.807) is 0 Å². The van der Waals surface area contributed by atoms with Crippen molar-refractivity contribution in [2.45, 2.75) is 6.54 Å². The Kier molecular flexibility index (Phi) is 3.00. The van der Waals surface area contributed by atoms with Crippen LogP contribution in [0.4, 0.5) is 0 Å². The average Bonchev–Trinajstić information content (AvgIpc) is 3.03. The van der Waals surface area contributed by atoms with Crippen LogP contribution < -0.4 is 14.8 Å². The molecule has 0 saturated carbocycles. The van der Waals surface area contributed by atoms with Crippen molar-refractivity contribution in [2.24, 2.45) is 0 Å². The molecular formula is C12H10ClN3O3. The number of aromatic amines is 1. The Bertz CT molecular complexity index is 626. The minimum atomic E-state index is -0.305. The molecule has 3 rings (SSSR count). The minimum Gasteiger partial charge on any atom is -0.454 e. The summed E-state index contributed by atoms with van der Waals surface area (Å²) in [6.07, 6.45) is 1.39. The lowest BCUT2D eigenvalue weighted by molar-refractivity contribution is 0.0946. The number of halogens is 1. The zero-order valence-corrected chi connectivity index (χ0v) is 10.5. The summed E-state index contributed by atoms with van der Waals surface area (Å²) >= 11 is 5.80. The van der Waals surface area contributed by atoms with Crippen LogP contribution in [0.15, 0.2) is 24.4 Å². The van der Waals surface area contributed by atoms with E-state index in [4.69, 9.17) is 21.1 Å². The number of ether oxygens (including phenoxy) is 2. The molecule has 6 nitrogen and oxygen atoms in total. The van der Waals surface area contributed by atoms with Crippen LogP contribution in [-0.2, 0) is 6.54 Å². The largest absolute Gasteiger partial charge is 0.454 e. The Balaban J connectivity index is 1.66. The van der Waals surface area contributed by atoms with Crippen LogP contribution >= 0.6 is 11.6 Å². The van der Waals surface area contributed by atoms with Gasteiger partial charge in [0, 0.05) is 6.54 Å². The van der Waals surface area contributed by atoms with Crippen LogP contribution in [0.25, 0.3) is 0 Å². The number of rotatable bonds is 3. The van der Waals surface area contributed by atoms with Crippen molar-refractivity contribution in [1.82, 2.24) is 15.5 Å². The zero-order chi connectivity index (χ0) is 13.2. The number of nitrogens with zero attached hydrogens (tertiary/aromatic N) is 1. The normalized spacial score (nSPS) is 12.5. The summed E-state index contributed by atoms with van der Waals surface area (Å²) in [5.74, 6) is 1.10. The van der Waals surface area contributed by atoms with Crippen molar-refractivity contribution in [3.05, 3.63) is 40.7 Å². The highest BCUT2D eigenvalue weighted by Gasteiger charge is 2.15. The average molecular weight is 280 g/mol. The highest BCUT2D eigenvalue weighted by molar-refractivity contribution is 6.33. The van der Waals surface area contributed by atoms with Gasteiger partial charge in [-0.15, -0.1) is 0 Å². The second-order valence-electron chi connectivity index (χ2n) is 3.96. The number of nitrogens with one attached hydrogen (secondary N) is 2. The van der Waals surface area contributed by atoms with E-state index in [-0.39, 0.29) is 18.4 Å². The molecule has 1 aromatic carbocycles. The number of carbonyl (C=O) groups is 1. The number of aromatic nitrogens is 2. The van der Waals surface area contributed by atoms with E-state index < -0.39 is 0 Å². The molecular weight excluding hydrogens is 270 g/mol. The maximum absolute atomic E-state index is 11.8. The van der Waals surface area contributed by atoms with Crippen molar-refractivity contribution < 1.29 is 14.3 Å². The Hall–Kier alpha value is -2.21. The summed E-state index contributed by atoms with van der Waals surface area (Å²) in [5, 5.41) is 9.27. The Morgan fingerprint density at radius 3 is 3.05 bits per heavy atom. The molecule has 0 bridgehead atoms. The summed E-state index contributed by atoms with van der Waals surface area (Å²) in [6, 6.07) is 5.51. The van der Waals surface area contributed by atoms with E-state index in [9.17, 15) is 4.79 Å². The number of benzene rings is 1. The van der Waals surface area contributed by atoms with Gasteiger partial charge in [0.2, 0.25) is 6.79 Å². The summed E-state index contributed by atoms with van der Waals surface area (Å²) in [4.78, 5) is 11.8. The summed E-state index contributed by atoms with van der Waals surface area (Å²) < 4.78 is 10.5. The van der Waals surface area contributed by atoms with E-state index in [1.165, 1.54) is 6.20 Å². The Labute approximate surface area is 113 Å². The van der Waals surface area contributed by atoms with Gasteiger partial charge in [0.05, 0.1) is 11.2 Å². The molecule has 1 amide bonds. The van der Waals surface area contributed by atoms with Gasteiger partial charge in [-0.25, -0.2) is 0 Å². The van der Waals surface area contributed by atoms with Gasteiger partial charge < -0.3 is 14.8 Å². The van der Waals surface area contributed by atoms with Crippen LogP contribution in [0.1, 0.15) is 16.1 Å². The topological polar surface area (TPSA) is 76.2 Å². The fraction of sp³-hybridized carbons (Fsp3) is 0.167. The third kappa shape index (κ3) is 2.34. The fourth-order valence-electron chi connectivity index (χ4n) is 1.75. The van der Waals surface area contributed by atoms with Gasteiger partial charge >= 0.3 is 0 Å². The first-order valence-electron chi connectivity index (χ1n) is 5.59. The van der Waals surface area contributed by atoms with Crippen LogP contribution in [0.3, 0.4) is 0 Å². The Morgan fingerprint density at radius 2 is 2.26 bits per heavy atom. The van der Waals surface area contributed by atoms with E-state index >= 15 is 0 Å². The molecule has 19 heavy (non-hydrogen) atoms. The molecule has 2 N–H and O–H groups in total. The molecule has 0 unspecified atom stereocenters. The molecule has 0 atom stereocenters. The number of hydrogen-bond acceptors (Lipinski definition) is 4. The maximum Gasteiger partial charge on any atom is 0.271 e. The zero-order valence-electron chi connectivity index (χ0n) is 9.77. The number of carbonyl (C=O) groups excluding carboxylic acids is 1. The predicted octanol–water partition coefficient (Wildman–Crippen LogP) is 1.72. The second kappa shape index (κ2) is 4.81. The van der Waals surface area contributed by atoms with Crippen molar-refractivity contribution >= 4 is 17.5 Å². The van der Waals surface area contributed by atoms with Crippen molar-refractivity contribution in [1.29, 1.82) is 0 Å². The van der Waals surface area contributed by atoms with Crippen LogP contribution in [0, 0.1) is 0 Å². The van der Waals surface area contributed by atoms with Crippen molar-refractivity contribution in [3.8, 4) is 11.5 Å². The molecule has 7 heteroatoms. The minimum absolute atomic E-state index is 0.231. The van der Waals surface area contributed by atoms with Crippen molar-refractivity contribution in [3.63, 3.8) is 0 Å². The molecule has 0 spiro atoms. The predicted molar refractivity (Wildman–Crippen MR) is 67.3 cm³/mol. The highest BCUT2D eigenvalue weighted by Crippen LogP contribution is 2.32. The monoisotopic (exact) mass is 279 g/mol. The molecule has 1 aliphatic heterocycles. The molecule has 0 aliphatic carbocycles. The summed E-state index contributed by atoms with van der Waals surface area (Å²) in [6.45, 7) is 0.597. The molecule has 0 radical (unpaired) electrons. The van der Waals surface area contributed by atoms with Crippen LogP contribution in [0.2, 0.25) is 5.02 Å². The summed E-state index contributed by atoms with van der Waals surface area (Å²) in [7, 11) is 0. The first-order chi connectivity index (χ1) is 9.24. The van der Waals surface area contributed by atoms with Gasteiger partial charge in [0.1, 0.15) is 5.69 Å². The third-order valence-electron chi connectivity index (χ3n) is 2.71. The second-order valence-corrected chi connectivity index (χ2v) is 4.37. The fourth-order valence-corrected chi connectivity index (χ4v) is 1.93.